The van der Waals surface area contributed by atoms with Crippen LogP contribution in [0.4, 0.5) is 5.69 Å². The molecule has 8 heteroatoms. The third-order valence-corrected chi connectivity index (χ3v) is 4.70. The van der Waals surface area contributed by atoms with Crippen LogP contribution in [0.25, 0.3) is 0 Å². The van der Waals surface area contributed by atoms with Crippen LogP contribution >= 0.6 is 0 Å². The van der Waals surface area contributed by atoms with Crippen molar-refractivity contribution in [1.82, 2.24) is 5.43 Å². The van der Waals surface area contributed by atoms with Gasteiger partial charge in [0.05, 0.1) is 17.7 Å². The largest absolute Gasteiger partial charge is 0.497 e. The molecule has 25 heavy (non-hydrogen) atoms. The summed E-state index contributed by atoms with van der Waals surface area (Å²) >= 11 is 0. The monoisotopic (exact) mass is 361 g/mol. The van der Waals surface area contributed by atoms with Gasteiger partial charge in [-0.2, -0.15) is 5.10 Å². The SMILES string of the molecule is COc1ccc(NS(=O)(=O)c2ccc(/C(C)=N\NC(C)=O)cc2)cc1. The molecule has 2 aromatic carbocycles. The summed E-state index contributed by atoms with van der Waals surface area (Å²) < 4.78 is 32.4. The minimum Gasteiger partial charge on any atom is -0.497 e. The van der Waals surface area contributed by atoms with E-state index >= 15 is 0 Å². The van der Waals surface area contributed by atoms with E-state index in [0.29, 0.717) is 22.7 Å². The molecule has 2 rings (SSSR count). The van der Waals surface area contributed by atoms with Crippen LogP contribution in [0.1, 0.15) is 19.4 Å². The van der Waals surface area contributed by atoms with Crippen LogP contribution in [0.3, 0.4) is 0 Å². The van der Waals surface area contributed by atoms with Gasteiger partial charge in [-0.1, -0.05) is 12.1 Å². The number of benzene rings is 2. The van der Waals surface area contributed by atoms with Gasteiger partial charge in [0.15, 0.2) is 0 Å². The molecule has 0 spiro atoms. The van der Waals surface area contributed by atoms with Crippen molar-refractivity contribution < 1.29 is 17.9 Å². The minimum absolute atomic E-state index is 0.124. The third kappa shape index (κ3) is 5.05. The second kappa shape index (κ2) is 7.80. The minimum atomic E-state index is -3.70. The number of nitrogens with one attached hydrogen (secondary N) is 2. The fraction of sp³-hybridized carbons (Fsp3) is 0.176. The van der Waals surface area contributed by atoms with Gasteiger partial charge in [0.2, 0.25) is 5.91 Å². The number of hydrazone groups is 1. The van der Waals surface area contributed by atoms with Crippen LogP contribution in [-0.4, -0.2) is 27.1 Å². The van der Waals surface area contributed by atoms with Crippen molar-refractivity contribution in [1.29, 1.82) is 0 Å². The van der Waals surface area contributed by atoms with Crippen LogP contribution in [0.5, 0.6) is 5.75 Å². The average molecular weight is 361 g/mol. The maximum Gasteiger partial charge on any atom is 0.261 e. The number of methoxy groups -OCH3 is 1. The molecular formula is C17H19N3O4S. The highest BCUT2D eigenvalue weighted by molar-refractivity contribution is 7.92. The molecule has 0 atom stereocenters. The van der Waals surface area contributed by atoms with E-state index in [-0.39, 0.29) is 10.8 Å². The number of carbonyl (C=O) groups is 1. The van der Waals surface area contributed by atoms with E-state index in [0.717, 1.165) is 0 Å². The Morgan fingerprint density at radius 2 is 1.60 bits per heavy atom. The van der Waals surface area contributed by atoms with Crippen molar-refractivity contribution in [2.75, 3.05) is 11.8 Å². The summed E-state index contributed by atoms with van der Waals surface area (Å²) in [4.78, 5) is 11.0. The van der Waals surface area contributed by atoms with Gasteiger partial charge in [-0.15, -0.1) is 0 Å². The lowest BCUT2D eigenvalue weighted by molar-refractivity contribution is -0.118. The fourth-order valence-electron chi connectivity index (χ4n) is 1.98. The number of hydrogen-bond acceptors (Lipinski definition) is 5. The first-order chi connectivity index (χ1) is 11.8. The Labute approximate surface area is 146 Å². The molecule has 2 N–H and O–H groups in total. The summed E-state index contributed by atoms with van der Waals surface area (Å²) in [6.45, 7) is 3.08. The molecule has 7 nitrogen and oxygen atoms in total. The molecule has 2 aromatic rings. The maximum absolute atomic E-state index is 12.4. The maximum atomic E-state index is 12.4. The van der Waals surface area contributed by atoms with E-state index < -0.39 is 10.0 Å². The highest BCUT2D eigenvalue weighted by Crippen LogP contribution is 2.19. The zero-order valence-electron chi connectivity index (χ0n) is 14.1. The van der Waals surface area contributed by atoms with Gasteiger partial charge < -0.3 is 4.74 Å². The lowest BCUT2D eigenvalue weighted by atomic mass is 10.1. The molecule has 0 aromatic heterocycles. The lowest BCUT2D eigenvalue weighted by Gasteiger charge is -2.09. The van der Waals surface area contributed by atoms with Crippen LogP contribution < -0.4 is 14.9 Å². The summed E-state index contributed by atoms with van der Waals surface area (Å²) in [5.41, 5.74) is 4.05. The van der Waals surface area contributed by atoms with E-state index in [2.05, 4.69) is 15.2 Å². The summed E-state index contributed by atoms with van der Waals surface area (Å²) in [5.74, 6) is 0.364. The van der Waals surface area contributed by atoms with Crippen molar-refractivity contribution in [2.45, 2.75) is 18.7 Å². The molecular weight excluding hydrogens is 342 g/mol. The number of anilines is 1. The second-order valence-electron chi connectivity index (χ2n) is 5.22. The molecule has 0 bridgehead atoms. The Morgan fingerprint density at radius 1 is 1.00 bits per heavy atom. The number of amides is 1. The van der Waals surface area contributed by atoms with E-state index in [1.165, 1.54) is 26.2 Å². The van der Waals surface area contributed by atoms with Gasteiger partial charge in [0, 0.05) is 12.6 Å². The first kappa shape index (κ1) is 18.5. The molecule has 0 fully saturated rings. The predicted octanol–water partition coefficient (Wildman–Crippen LogP) is 2.36. The summed E-state index contributed by atoms with van der Waals surface area (Å²) in [7, 11) is -2.16. The van der Waals surface area contributed by atoms with Crippen molar-refractivity contribution in [2.24, 2.45) is 5.10 Å². The summed E-state index contributed by atoms with van der Waals surface area (Å²) in [6, 6.07) is 12.8. The molecule has 0 radical (unpaired) electrons. The van der Waals surface area contributed by atoms with Crippen molar-refractivity contribution >= 4 is 27.3 Å². The zero-order valence-corrected chi connectivity index (χ0v) is 14.9. The normalized spacial score (nSPS) is 11.7. The summed E-state index contributed by atoms with van der Waals surface area (Å²) in [6.07, 6.45) is 0. The van der Waals surface area contributed by atoms with Crippen LogP contribution in [0.2, 0.25) is 0 Å². The van der Waals surface area contributed by atoms with Crippen LogP contribution in [0, 0.1) is 0 Å². The van der Waals surface area contributed by atoms with Gasteiger partial charge in [-0.05, 0) is 48.9 Å². The Kier molecular flexibility index (Phi) is 5.76. The second-order valence-corrected chi connectivity index (χ2v) is 6.91. The van der Waals surface area contributed by atoms with E-state index in [4.69, 9.17) is 4.74 Å². The van der Waals surface area contributed by atoms with Crippen LogP contribution in [-0.2, 0) is 14.8 Å². The van der Waals surface area contributed by atoms with Gasteiger partial charge in [-0.3, -0.25) is 9.52 Å². The van der Waals surface area contributed by atoms with Gasteiger partial charge in [0.25, 0.3) is 10.0 Å². The van der Waals surface area contributed by atoms with Crippen molar-refractivity contribution in [3.05, 3.63) is 54.1 Å². The van der Waals surface area contributed by atoms with Gasteiger partial charge in [-0.25, -0.2) is 13.8 Å². The Bertz CT molecular complexity index is 873. The van der Waals surface area contributed by atoms with Crippen molar-refractivity contribution in [3.63, 3.8) is 0 Å². The molecule has 1 amide bonds. The fourth-order valence-corrected chi connectivity index (χ4v) is 3.03. The number of hydrogen-bond donors (Lipinski definition) is 2. The quantitative estimate of drug-likeness (QED) is 0.610. The highest BCUT2D eigenvalue weighted by atomic mass is 32.2. The Balaban J connectivity index is 2.16. The first-order valence-electron chi connectivity index (χ1n) is 7.40. The van der Waals surface area contributed by atoms with Gasteiger partial charge >= 0.3 is 0 Å². The number of rotatable bonds is 6. The Morgan fingerprint density at radius 3 is 2.12 bits per heavy atom. The molecule has 0 saturated carbocycles. The molecule has 0 saturated heterocycles. The third-order valence-electron chi connectivity index (χ3n) is 3.31. The molecule has 0 unspecified atom stereocenters. The molecule has 0 aliphatic heterocycles. The van der Waals surface area contributed by atoms with E-state index in [1.54, 1.807) is 43.3 Å². The average Bonchev–Trinajstić information content (AvgIpc) is 2.60. The molecule has 0 heterocycles. The van der Waals surface area contributed by atoms with Crippen LogP contribution in [0.15, 0.2) is 58.5 Å². The zero-order chi connectivity index (χ0) is 18.4. The number of ether oxygens (including phenoxy) is 1. The molecule has 0 aliphatic carbocycles. The standard InChI is InChI=1S/C17H19N3O4S/c1-12(18-19-13(2)21)14-4-10-17(11-5-14)25(22,23)20-15-6-8-16(24-3)9-7-15/h4-11,20H,1-3H3,(H,19,21)/b18-12-. The van der Waals surface area contributed by atoms with Crippen molar-refractivity contribution in [3.8, 4) is 5.75 Å². The highest BCUT2D eigenvalue weighted by Gasteiger charge is 2.14. The molecule has 0 aliphatic rings. The lowest BCUT2D eigenvalue weighted by Crippen LogP contribution is -2.15. The van der Waals surface area contributed by atoms with E-state index in [9.17, 15) is 13.2 Å². The predicted molar refractivity (Wildman–Crippen MR) is 96.3 cm³/mol. The Hall–Kier alpha value is -2.87. The van der Waals surface area contributed by atoms with E-state index in [1.807, 2.05) is 0 Å². The number of sulfonamides is 1. The topological polar surface area (TPSA) is 96.9 Å². The summed E-state index contributed by atoms with van der Waals surface area (Å²) in [5, 5.41) is 3.91. The van der Waals surface area contributed by atoms with Gasteiger partial charge in [0.1, 0.15) is 5.75 Å². The number of carbonyl (C=O) groups excluding carboxylic acids is 1. The smallest absolute Gasteiger partial charge is 0.261 e. The first-order valence-corrected chi connectivity index (χ1v) is 8.88. The molecule has 132 valence electrons. The number of nitrogens with zero attached hydrogens (tertiary/aromatic N) is 1.